The Kier molecular flexibility index (Phi) is 4.42. The Morgan fingerprint density at radius 1 is 1.38 bits per heavy atom. The van der Waals surface area contributed by atoms with Crippen molar-refractivity contribution in [3.05, 3.63) is 35.4 Å². The van der Waals surface area contributed by atoms with Crippen LogP contribution in [0.2, 0.25) is 0 Å². The molecule has 0 radical (unpaired) electrons. The summed E-state index contributed by atoms with van der Waals surface area (Å²) in [7, 11) is 0. The van der Waals surface area contributed by atoms with E-state index in [0.29, 0.717) is 10.9 Å². The summed E-state index contributed by atoms with van der Waals surface area (Å²) in [5.74, 6) is 0. The number of rotatable bonds is 4. The molecule has 0 aliphatic carbocycles. The predicted octanol–water partition coefficient (Wildman–Crippen LogP) is 4.25. The molecule has 16 heavy (non-hydrogen) atoms. The number of hydrogen-bond acceptors (Lipinski definition) is 1. The van der Waals surface area contributed by atoms with Gasteiger partial charge in [-0.3, -0.25) is 0 Å². The molecule has 2 unspecified atom stereocenters. The van der Waals surface area contributed by atoms with Crippen LogP contribution in [0, 0.1) is 0 Å². The van der Waals surface area contributed by atoms with Gasteiger partial charge in [0.15, 0.2) is 0 Å². The minimum Gasteiger partial charge on any atom is -0.377 e. The maximum absolute atomic E-state index is 5.70. The molecule has 0 amide bonds. The van der Waals surface area contributed by atoms with Crippen molar-refractivity contribution in [1.82, 2.24) is 0 Å². The molecule has 1 fully saturated rings. The Morgan fingerprint density at radius 2 is 2.12 bits per heavy atom. The second-order valence-corrected chi connectivity index (χ2v) is 5.43. The summed E-state index contributed by atoms with van der Waals surface area (Å²) in [5, 5.41) is 0. The van der Waals surface area contributed by atoms with E-state index in [1.165, 1.54) is 36.8 Å². The number of ether oxygens (including phenoxy) is 1. The summed E-state index contributed by atoms with van der Waals surface area (Å²) >= 11 is 3.75. The fourth-order valence-corrected chi connectivity index (χ4v) is 2.93. The standard InChI is InChI=1S/C14H19BrO/c1-2-4-11-6-8-12(9-7-11)14(15)13-5-3-10-16-13/h6-9,13-14H,2-5,10H2,1H3. The van der Waals surface area contributed by atoms with Gasteiger partial charge in [0, 0.05) is 6.61 Å². The van der Waals surface area contributed by atoms with Gasteiger partial charge in [-0.2, -0.15) is 0 Å². The van der Waals surface area contributed by atoms with Gasteiger partial charge >= 0.3 is 0 Å². The van der Waals surface area contributed by atoms with Gasteiger partial charge in [0.05, 0.1) is 10.9 Å². The molecule has 1 heterocycles. The zero-order valence-electron chi connectivity index (χ0n) is 9.79. The van der Waals surface area contributed by atoms with Gasteiger partial charge in [-0.15, -0.1) is 0 Å². The zero-order chi connectivity index (χ0) is 11.4. The Bertz CT molecular complexity index is 314. The fourth-order valence-electron chi connectivity index (χ4n) is 2.20. The maximum Gasteiger partial charge on any atom is 0.0741 e. The number of alkyl halides is 1. The average molecular weight is 283 g/mol. The molecular formula is C14H19BrO. The highest BCUT2D eigenvalue weighted by atomic mass is 79.9. The lowest BCUT2D eigenvalue weighted by molar-refractivity contribution is 0.110. The van der Waals surface area contributed by atoms with E-state index in [9.17, 15) is 0 Å². The fraction of sp³-hybridized carbons (Fsp3) is 0.571. The third-order valence-corrected chi connectivity index (χ3v) is 4.25. The third kappa shape index (κ3) is 2.86. The molecule has 2 rings (SSSR count). The summed E-state index contributed by atoms with van der Waals surface area (Å²) < 4.78 is 5.70. The molecule has 1 aliphatic rings. The van der Waals surface area contributed by atoms with Crippen LogP contribution >= 0.6 is 15.9 Å². The van der Waals surface area contributed by atoms with E-state index in [1.807, 2.05) is 0 Å². The van der Waals surface area contributed by atoms with Crippen molar-refractivity contribution in [1.29, 1.82) is 0 Å². The number of hydrogen-bond donors (Lipinski definition) is 0. The minimum atomic E-state index is 0.352. The number of benzene rings is 1. The molecule has 0 bridgehead atoms. The van der Waals surface area contributed by atoms with Crippen LogP contribution in [-0.4, -0.2) is 12.7 Å². The van der Waals surface area contributed by atoms with E-state index in [-0.39, 0.29) is 0 Å². The Labute approximate surface area is 106 Å². The quantitative estimate of drug-likeness (QED) is 0.750. The average Bonchev–Trinajstić information content (AvgIpc) is 2.83. The summed E-state index contributed by atoms with van der Waals surface area (Å²) in [6.07, 6.45) is 5.11. The van der Waals surface area contributed by atoms with Crippen molar-refractivity contribution < 1.29 is 4.74 Å². The van der Waals surface area contributed by atoms with Crippen LogP contribution in [0.1, 0.15) is 42.1 Å². The van der Waals surface area contributed by atoms with Crippen LogP contribution in [-0.2, 0) is 11.2 Å². The smallest absolute Gasteiger partial charge is 0.0741 e. The van der Waals surface area contributed by atoms with Crippen molar-refractivity contribution >= 4 is 15.9 Å². The van der Waals surface area contributed by atoms with Gasteiger partial charge in [-0.25, -0.2) is 0 Å². The summed E-state index contributed by atoms with van der Waals surface area (Å²) in [5.41, 5.74) is 2.77. The van der Waals surface area contributed by atoms with Crippen LogP contribution in [0.3, 0.4) is 0 Å². The largest absolute Gasteiger partial charge is 0.377 e. The van der Waals surface area contributed by atoms with E-state index in [0.717, 1.165) is 6.61 Å². The first-order chi connectivity index (χ1) is 7.81. The second kappa shape index (κ2) is 5.83. The van der Waals surface area contributed by atoms with Crippen LogP contribution in [0.15, 0.2) is 24.3 Å². The van der Waals surface area contributed by atoms with Crippen molar-refractivity contribution in [2.24, 2.45) is 0 Å². The lowest BCUT2D eigenvalue weighted by Crippen LogP contribution is -2.12. The van der Waals surface area contributed by atoms with Crippen molar-refractivity contribution in [2.45, 2.75) is 43.5 Å². The Balaban J connectivity index is 2.02. The van der Waals surface area contributed by atoms with Crippen molar-refractivity contribution in [3.8, 4) is 0 Å². The van der Waals surface area contributed by atoms with Gasteiger partial charge in [0.1, 0.15) is 0 Å². The Morgan fingerprint density at radius 3 is 2.69 bits per heavy atom. The van der Waals surface area contributed by atoms with Crippen molar-refractivity contribution in [2.75, 3.05) is 6.61 Å². The maximum atomic E-state index is 5.70. The molecule has 0 saturated carbocycles. The lowest BCUT2D eigenvalue weighted by atomic mass is 10.0. The normalized spacial score (nSPS) is 22.2. The highest BCUT2D eigenvalue weighted by Crippen LogP contribution is 2.33. The molecule has 88 valence electrons. The first-order valence-electron chi connectivity index (χ1n) is 6.15. The predicted molar refractivity (Wildman–Crippen MR) is 71.1 cm³/mol. The van der Waals surface area contributed by atoms with E-state index < -0.39 is 0 Å². The summed E-state index contributed by atoms with van der Waals surface area (Å²) in [4.78, 5) is 0.352. The molecule has 0 aromatic heterocycles. The zero-order valence-corrected chi connectivity index (χ0v) is 11.4. The minimum absolute atomic E-state index is 0.352. The monoisotopic (exact) mass is 282 g/mol. The first kappa shape index (κ1) is 12.1. The first-order valence-corrected chi connectivity index (χ1v) is 7.07. The molecular weight excluding hydrogens is 264 g/mol. The highest BCUT2D eigenvalue weighted by molar-refractivity contribution is 9.09. The van der Waals surface area contributed by atoms with Gasteiger partial charge in [0.2, 0.25) is 0 Å². The molecule has 2 atom stereocenters. The highest BCUT2D eigenvalue weighted by Gasteiger charge is 2.24. The van der Waals surface area contributed by atoms with Gasteiger partial charge in [0.25, 0.3) is 0 Å². The van der Waals surface area contributed by atoms with Gasteiger partial charge in [-0.1, -0.05) is 53.5 Å². The van der Waals surface area contributed by atoms with E-state index in [2.05, 4.69) is 47.1 Å². The van der Waals surface area contributed by atoms with Gasteiger partial charge in [-0.05, 0) is 30.4 Å². The summed E-state index contributed by atoms with van der Waals surface area (Å²) in [6, 6.07) is 8.93. The summed E-state index contributed by atoms with van der Waals surface area (Å²) in [6.45, 7) is 3.13. The van der Waals surface area contributed by atoms with Crippen LogP contribution in [0.25, 0.3) is 0 Å². The molecule has 1 aromatic carbocycles. The molecule has 1 nitrogen and oxygen atoms in total. The van der Waals surface area contributed by atoms with E-state index >= 15 is 0 Å². The lowest BCUT2D eigenvalue weighted by Gasteiger charge is -2.17. The molecule has 0 N–H and O–H groups in total. The SMILES string of the molecule is CCCc1ccc(C(Br)C2CCCO2)cc1. The Hall–Kier alpha value is -0.340. The van der Waals surface area contributed by atoms with Crippen LogP contribution in [0.5, 0.6) is 0 Å². The number of aryl methyl sites for hydroxylation is 1. The molecule has 0 spiro atoms. The van der Waals surface area contributed by atoms with Crippen LogP contribution < -0.4 is 0 Å². The van der Waals surface area contributed by atoms with E-state index in [4.69, 9.17) is 4.74 Å². The second-order valence-electron chi connectivity index (χ2n) is 4.44. The molecule has 1 aliphatic heterocycles. The van der Waals surface area contributed by atoms with Gasteiger partial charge < -0.3 is 4.74 Å². The number of halogens is 1. The molecule has 1 aromatic rings. The third-order valence-electron chi connectivity index (χ3n) is 3.13. The van der Waals surface area contributed by atoms with Crippen molar-refractivity contribution in [3.63, 3.8) is 0 Å². The molecule has 2 heteroatoms. The topological polar surface area (TPSA) is 9.23 Å². The van der Waals surface area contributed by atoms with E-state index in [1.54, 1.807) is 0 Å². The molecule has 1 saturated heterocycles. The van der Waals surface area contributed by atoms with Crippen LogP contribution in [0.4, 0.5) is 0 Å².